The predicted octanol–water partition coefficient (Wildman–Crippen LogP) is 7.24. The Labute approximate surface area is 197 Å². The first-order valence-electron chi connectivity index (χ1n) is 11.0. The minimum absolute atomic E-state index is 0.0788. The lowest BCUT2D eigenvalue weighted by Gasteiger charge is -2.28. The van der Waals surface area contributed by atoms with Crippen LogP contribution in [0.1, 0.15) is 18.8 Å². The van der Waals surface area contributed by atoms with Crippen molar-refractivity contribution in [2.24, 2.45) is 5.92 Å². The van der Waals surface area contributed by atoms with Crippen LogP contribution in [0.5, 0.6) is 5.75 Å². The number of hydrogen-bond donors (Lipinski definition) is 0. The van der Waals surface area contributed by atoms with E-state index in [4.69, 9.17) is 14.2 Å². The molecular formula is C28H25F3O3. The van der Waals surface area contributed by atoms with Gasteiger partial charge in [-0.2, -0.15) is 4.39 Å². The molecule has 1 aliphatic rings. The summed E-state index contributed by atoms with van der Waals surface area (Å²) in [5.74, 6) is -2.48. The fraction of sp³-hybridized carbons (Fsp3) is 0.214. The molecule has 3 nitrogen and oxygen atoms in total. The van der Waals surface area contributed by atoms with Crippen molar-refractivity contribution < 1.29 is 27.4 Å². The van der Waals surface area contributed by atoms with Gasteiger partial charge in [0.2, 0.25) is 5.82 Å². The van der Waals surface area contributed by atoms with Crippen LogP contribution in [0.3, 0.4) is 0 Å². The van der Waals surface area contributed by atoms with Crippen LogP contribution in [-0.4, -0.2) is 19.8 Å². The van der Waals surface area contributed by atoms with Crippen molar-refractivity contribution in [2.45, 2.75) is 13.2 Å². The van der Waals surface area contributed by atoms with Gasteiger partial charge in [0, 0.05) is 17.0 Å². The predicted molar refractivity (Wildman–Crippen MR) is 126 cm³/mol. The van der Waals surface area contributed by atoms with Crippen molar-refractivity contribution in [2.75, 3.05) is 19.8 Å². The molecule has 3 aromatic rings. The molecule has 1 aliphatic heterocycles. The van der Waals surface area contributed by atoms with Crippen LogP contribution in [0.2, 0.25) is 0 Å². The zero-order valence-electron chi connectivity index (χ0n) is 18.8. The smallest absolute Gasteiger partial charge is 0.201 e. The molecule has 0 unspecified atom stereocenters. The lowest BCUT2D eigenvalue weighted by atomic mass is 9.98. The summed E-state index contributed by atoms with van der Waals surface area (Å²) in [7, 11) is 0. The first kappa shape index (κ1) is 23.8. The van der Waals surface area contributed by atoms with Gasteiger partial charge in [-0.05, 0) is 41.8 Å². The maximum atomic E-state index is 14.9. The van der Waals surface area contributed by atoms with Gasteiger partial charge in [0.25, 0.3) is 0 Å². The Balaban J connectivity index is 1.51. The van der Waals surface area contributed by atoms with E-state index >= 15 is 0 Å². The van der Waals surface area contributed by atoms with E-state index in [0.717, 1.165) is 5.56 Å². The highest BCUT2D eigenvalue weighted by Crippen LogP contribution is 2.33. The molecule has 0 amide bonds. The van der Waals surface area contributed by atoms with E-state index in [1.165, 1.54) is 24.3 Å². The maximum Gasteiger partial charge on any atom is 0.201 e. The summed E-state index contributed by atoms with van der Waals surface area (Å²) in [6, 6.07) is 14.5. The molecule has 4 rings (SSSR count). The van der Waals surface area contributed by atoms with E-state index in [9.17, 15) is 13.2 Å². The molecule has 0 spiro atoms. The monoisotopic (exact) mass is 466 g/mol. The van der Waals surface area contributed by atoms with Crippen molar-refractivity contribution in [1.82, 2.24) is 0 Å². The Hall–Kier alpha value is -3.35. The Morgan fingerprint density at radius 1 is 0.912 bits per heavy atom. The normalized spacial score (nSPS) is 18.2. The molecule has 0 bridgehead atoms. The van der Waals surface area contributed by atoms with Gasteiger partial charge >= 0.3 is 0 Å². The highest BCUT2D eigenvalue weighted by atomic mass is 19.2. The van der Waals surface area contributed by atoms with Crippen LogP contribution in [0.15, 0.2) is 79.4 Å². The minimum atomic E-state index is -1.05. The molecular weight excluding hydrogens is 441 g/mol. The summed E-state index contributed by atoms with van der Waals surface area (Å²) in [5, 5.41) is 0. The van der Waals surface area contributed by atoms with Gasteiger partial charge in [0.15, 0.2) is 17.9 Å². The van der Waals surface area contributed by atoms with Crippen molar-refractivity contribution in [1.29, 1.82) is 0 Å². The van der Waals surface area contributed by atoms with Crippen LogP contribution in [0.4, 0.5) is 13.2 Å². The van der Waals surface area contributed by atoms with Gasteiger partial charge in [-0.1, -0.05) is 61.2 Å². The molecule has 1 fully saturated rings. The van der Waals surface area contributed by atoms with Crippen LogP contribution < -0.4 is 4.74 Å². The maximum absolute atomic E-state index is 14.9. The van der Waals surface area contributed by atoms with Crippen LogP contribution >= 0.6 is 0 Å². The van der Waals surface area contributed by atoms with E-state index in [0.29, 0.717) is 29.9 Å². The molecule has 0 atom stereocenters. The lowest BCUT2D eigenvalue weighted by molar-refractivity contribution is -0.198. The Morgan fingerprint density at radius 3 is 2.24 bits per heavy atom. The number of allylic oxidation sites excluding steroid dienone is 1. The molecule has 176 valence electrons. The third-order valence-electron chi connectivity index (χ3n) is 5.58. The third kappa shape index (κ3) is 5.08. The minimum Gasteiger partial charge on any atom is -0.486 e. The molecule has 1 heterocycles. The Morgan fingerprint density at radius 2 is 1.59 bits per heavy atom. The van der Waals surface area contributed by atoms with Gasteiger partial charge in [-0.15, -0.1) is 0 Å². The summed E-state index contributed by atoms with van der Waals surface area (Å²) in [4.78, 5) is 0. The summed E-state index contributed by atoms with van der Waals surface area (Å²) < 4.78 is 60.2. The highest BCUT2D eigenvalue weighted by Gasteiger charge is 2.24. The molecule has 34 heavy (non-hydrogen) atoms. The molecule has 6 heteroatoms. The number of rotatable bonds is 7. The summed E-state index contributed by atoms with van der Waals surface area (Å²) in [6.45, 7) is 6.44. The van der Waals surface area contributed by atoms with E-state index in [1.807, 2.05) is 19.1 Å². The largest absolute Gasteiger partial charge is 0.486 e. The van der Waals surface area contributed by atoms with Crippen molar-refractivity contribution in [3.63, 3.8) is 0 Å². The Bertz CT molecular complexity index is 1180. The fourth-order valence-corrected chi connectivity index (χ4v) is 3.84. The SMILES string of the molecule is C=CCOc1ccc(-c2ccc(-c3ccc(C4OCC(C=CC)CO4)c(F)c3)cc2)c(F)c1F. The second-order valence-corrected chi connectivity index (χ2v) is 7.94. The first-order chi connectivity index (χ1) is 16.5. The van der Waals surface area contributed by atoms with Crippen molar-refractivity contribution in [3.8, 4) is 28.0 Å². The van der Waals surface area contributed by atoms with E-state index in [-0.39, 0.29) is 23.8 Å². The second kappa shape index (κ2) is 10.7. The third-order valence-corrected chi connectivity index (χ3v) is 5.58. The van der Waals surface area contributed by atoms with Crippen LogP contribution in [0.25, 0.3) is 22.3 Å². The zero-order valence-corrected chi connectivity index (χ0v) is 18.8. The fourth-order valence-electron chi connectivity index (χ4n) is 3.84. The molecule has 1 saturated heterocycles. The summed E-state index contributed by atoms with van der Waals surface area (Å²) in [6.07, 6.45) is 4.66. The first-order valence-corrected chi connectivity index (χ1v) is 11.0. The second-order valence-electron chi connectivity index (χ2n) is 7.94. The van der Waals surface area contributed by atoms with Crippen molar-refractivity contribution >= 4 is 0 Å². The van der Waals surface area contributed by atoms with Crippen LogP contribution in [0, 0.1) is 23.4 Å². The van der Waals surface area contributed by atoms with Gasteiger partial charge in [0.05, 0.1) is 13.2 Å². The average Bonchev–Trinajstić information content (AvgIpc) is 2.86. The average molecular weight is 466 g/mol. The topological polar surface area (TPSA) is 27.7 Å². The number of benzene rings is 3. The van der Waals surface area contributed by atoms with Gasteiger partial charge < -0.3 is 14.2 Å². The molecule has 0 aromatic heterocycles. The van der Waals surface area contributed by atoms with Gasteiger partial charge in [0.1, 0.15) is 12.4 Å². The molecule has 0 aliphatic carbocycles. The molecule has 0 saturated carbocycles. The molecule has 0 N–H and O–H groups in total. The van der Waals surface area contributed by atoms with Crippen LogP contribution in [-0.2, 0) is 9.47 Å². The summed E-state index contributed by atoms with van der Waals surface area (Å²) >= 11 is 0. The van der Waals surface area contributed by atoms with E-state index in [2.05, 4.69) is 6.58 Å². The standard InChI is InChI=1S/C28H25F3O3/c1-3-5-18-16-33-28(34-17-18)23-11-10-21(15-24(23)29)19-6-8-20(9-7-19)22-12-13-25(32-14-4-2)27(31)26(22)30/h3-13,15,18,28H,2,14,16-17H2,1H3. The number of hydrogen-bond acceptors (Lipinski definition) is 3. The number of ether oxygens (including phenoxy) is 3. The van der Waals surface area contributed by atoms with E-state index in [1.54, 1.807) is 36.4 Å². The Kier molecular flexibility index (Phi) is 7.50. The molecule has 0 radical (unpaired) electrons. The lowest BCUT2D eigenvalue weighted by Crippen LogP contribution is -2.26. The highest BCUT2D eigenvalue weighted by molar-refractivity contribution is 5.71. The van der Waals surface area contributed by atoms with Gasteiger partial charge in [-0.3, -0.25) is 0 Å². The van der Waals surface area contributed by atoms with E-state index < -0.39 is 23.7 Å². The van der Waals surface area contributed by atoms with Crippen molar-refractivity contribution in [3.05, 3.63) is 102 Å². The zero-order chi connectivity index (χ0) is 24.1. The molecule has 3 aromatic carbocycles. The number of halogens is 3. The summed E-state index contributed by atoms with van der Waals surface area (Å²) in [5.41, 5.74) is 2.33. The van der Waals surface area contributed by atoms with Gasteiger partial charge in [-0.25, -0.2) is 8.78 Å². The quantitative estimate of drug-likeness (QED) is 0.344.